The summed E-state index contributed by atoms with van der Waals surface area (Å²) in [5.74, 6) is -0.526. The fourth-order valence-corrected chi connectivity index (χ4v) is 4.72. The van der Waals surface area contributed by atoms with Gasteiger partial charge in [0.05, 0.1) is 23.6 Å². The summed E-state index contributed by atoms with van der Waals surface area (Å²) in [5.41, 5.74) is 1.14. The summed E-state index contributed by atoms with van der Waals surface area (Å²) in [7, 11) is -2.04. The topological polar surface area (TPSA) is 99.1 Å². The van der Waals surface area contributed by atoms with Gasteiger partial charge in [0.2, 0.25) is 10.0 Å². The maximum Gasteiger partial charge on any atom is 0.240 e. The molecule has 0 bridgehead atoms. The van der Waals surface area contributed by atoms with Crippen LogP contribution < -0.4 is 4.72 Å². The van der Waals surface area contributed by atoms with Crippen molar-refractivity contribution in [3.05, 3.63) is 66.0 Å². The van der Waals surface area contributed by atoms with Crippen molar-refractivity contribution in [2.75, 3.05) is 26.7 Å². The van der Waals surface area contributed by atoms with Crippen molar-refractivity contribution >= 4 is 10.0 Å². The van der Waals surface area contributed by atoms with Gasteiger partial charge in [0.1, 0.15) is 18.0 Å². The Labute approximate surface area is 176 Å². The number of aliphatic hydroxyl groups excluding tert-OH is 2. The summed E-state index contributed by atoms with van der Waals surface area (Å²) in [6.07, 6.45) is -1.67. The van der Waals surface area contributed by atoms with Gasteiger partial charge in [0, 0.05) is 13.1 Å². The van der Waals surface area contributed by atoms with E-state index in [1.54, 1.807) is 0 Å². The van der Waals surface area contributed by atoms with Gasteiger partial charge in [-0.25, -0.2) is 17.5 Å². The van der Waals surface area contributed by atoms with E-state index in [1.165, 1.54) is 12.1 Å². The SMILES string of the molecule is CN(CCc1ccccc1)[C@@H]1[C@H](O)[C@H](CO)O[C@@H]1CNS(=O)(=O)c1ccc(F)cc1. The fourth-order valence-electron chi connectivity index (χ4n) is 3.68. The Hall–Kier alpha value is -1.88. The molecule has 3 rings (SSSR count). The third-order valence-electron chi connectivity index (χ3n) is 5.34. The number of nitrogens with one attached hydrogen (secondary N) is 1. The fraction of sp³-hybridized carbons (Fsp3) is 0.429. The van der Waals surface area contributed by atoms with Crippen molar-refractivity contribution in [2.24, 2.45) is 0 Å². The highest BCUT2D eigenvalue weighted by Gasteiger charge is 2.45. The Bertz CT molecular complexity index is 911. The molecule has 1 aliphatic rings. The van der Waals surface area contributed by atoms with Gasteiger partial charge in [0.15, 0.2) is 0 Å². The highest BCUT2D eigenvalue weighted by molar-refractivity contribution is 7.89. The van der Waals surface area contributed by atoms with Crippen LogP contribution in [0.25, 0.3) is 0 Å². The molecule has 164 valence electrons. The molecular weight excluding hydrogens is 411 g/mol. The molecular formula is C21H27FN2O5S. The molecule has 0 saturated carbocycles. The van der Waals surface area contributed by atoms with Crippen LogP contribution >= 0.6 is 0 Å². The Morgan fingerprint density at radius 2 is 1.77 bits per heavy atom. The lowest BCUT2D eigenvalue weighted by molar-refractivity contribution is -0.0201. The lowest BCUT2D eigenvalue weighted by atomic mass is 10.0. The normalized spacial score (nSPS) is 24.4. The minimum atomic E-state index is -3.87. The Morgan fingerprint density at radius 3 is 2.40 bits per heavy atom. The van der Waals surface area contributed by atoms with Crippen LogP contribution in [-0.4, -0.2) is 74.6 Å². The van der Waals surface area contributed by atoms with Gasteiger partial charge < -0.3 is 14.9 Å². The predicted molar refractivity (Wildman–Crippen MR) is 110 cm³/mol. The lowest BCUT2D eigenvalue weighted by Gasteiger charge is -2.30. The van der Waals surface area contributed by atoms with Crippen LogP contribution in [0.2, 0.25) is 0 Å². The average molecular weight is 439 g/mol. The van der Waals surface area contributed by atoms with E-state index < -0.39 is 40.2 Å². The predicted octanol–water partition coefficient (Wildman–Crippen LogP) is 0.768. The van der Waals surface area contributed by atoms with Gasteiger partial charge in [-0.15, -0.1) is 0 Å². The first kappa shape index (κ1) is 22.8. The Kier molecular flexibility index (Phi) is 7.56. The number of hydrogen-bond acceptors (Lipinski definition) is 6. The van der Waals surface area contributed by atoms with Gasteiger partial charge >= 0.3 is 0 Å². The number of hydrogen-bond donors (Lipinski definition) is 3. The van der Waals surface area contributed by atoms with Crippen molar-refractivity contribution in [2.45, 2.75) is 35.7 Å². The maximum atomic E-state index is 13.1. The average Bonchev–Trinajstić information content (AvgIpc) is 3.07. The zero-order chi connectivity index (χ0) is 21.7. The molecule has 4 atom stereocenters. The van der Waals surface area contributed by atoms with Gasteiger partial charge in [-0.1, -0.05) is 30.3 Å². The minimum Gasteiger partial charge on any atom is -0.394 e. The first-order valence-electron chi connectivity index (χ1n) is 9.75. The van der Waals surface area contributed by atoms with E-state index >= 15 is 0 Å². The maximum absolute atomic E-state index is 13.1. The monoisotopic (exact) mass is 438 g/mol. The summed E-state index contributed by atoms with van der Waals surface area (Å²) < 4.78 is 46.3. The third-order valence-corrected chi connectivity index (χ3v) is 6.78. The number of halogens is 1. The van der Waals surface area contributed by atoms with E-state index in [1.807, 2.05) is 42.3 Å². The molecule has 0 radical (unpaired) electrons. The van der Waals surface area contributed by atoms with Crippen molar-refractivity contribution in [3.63, 3.8) is 0 Å². The number of ether oxygens (including phenoxy) is 1. The van der Waals surface area contributed by atoms with E-state index in [2.05, 4.69) is 4.72 Å². The van der Waals surface area contributed by atoms with E-state index in [-0.39, 0.29) is 18.0 Å². The lowest BCUT2D eigenvalue weighted by Crippen LogP contribution is -2.50. The number of benzene rings is 2. The van der Waals surface area contributed by atoms with Crippen molar-refractivity contribution in [1.29, 1.82) is 0 Å². The van der Waals surface area contributed by atoms with Crippen LogP contribution in [0.15, 0.2) is 59.5 Å². The molecule has 0 aromatic heterocycles. The van der Waals surface area contributed by atoms with Gasteiger partial charge in [-0.05, 0) is 43.3 Å². The van der Waals surface area contributed by atoms with E-state index in [9.17, 15) is 23.0 Å². The second-order valence-corrected chi connectivity index (χ2v) is 9.17. The molecule has 0 unspecified atom stereocenters. The largest absolute Gasteiger partial charge is 0.394 e. The number of sulfonamides is 1. The highest BCUT2D eigenvalue weighted by atomic mass is 32.2. The van der Waals surface area contributed by atoms with Crippen molar-refractivity contribution < 1.29 is 27.8 Å². The molecule has 0 spiro atoms. The molecule has 2 aromatic carbocycles. The molecule has 1 aliphatic heterocycles. The van der Waals surface area contributed by atoms with Crippen molar-refractivity contribution in [1.82, 2.24) is 9.62 Å². The van der Waals surface area contributed by atoms with Crippen molar-refractivity contribution in [3.8, 4) is 0 Å². The highest BCUT2D eigenvalue weighted by Crippen LogP contribution is 2.25. The van der Waals surface area contributed by atoms with E-state index in [4.69, 9.17) is 4.74 Å². The van der Waals surface area contributed by atoms with Crippen LogP contribution in [0, 0.1) is 5.82 Å². The third kappa shape index (κ3) is 5.42. The number of likely N-dealkylation sites (N-methyl/N-ethyl adjacent to an activating group) is 1. The number of nitrogens with zero attached hydrogens (tertiary/aromatic N) is 1. The number of rotatable bonds is 9. The first-order valence-corrected chi connectivity index (χ1v) is 11.2. The molecule has 30 heavy (non-hydrogen) atoms. The first-order chi connectivity index (χ1) is 14.3. The van der Waals surface area contributed by atoms with Crippen LogP contribution in [0.5, 0.6) is 0 Å². The summed E-state index contributed by atoms with van der Waals surface area (Å²) in [6, 6.07) is 13.9. The molecule has 3 N–H and O–H groups in total. The van der Waals surface area contributed by atoms with Crippen LogP contribution in [0.4, 0.5) is 4.39 Å². The van der Waals surface area contributed by atoms with Gasteiger partial charge in [-0.2, -0.15) is 0 Å². The molecule has 0 amide bonds. The van der Waals surface area contributed by atoms with E-state index in [0.717, 1.165) is 24.1 Å². The quantitative estimate of drug-likeness (QED) is 0.535. The van der Waals surface area contributed by atoms with Gasteiger partial charge in [-0.3, -0.25) is 4.90 Å². The molecule has 7 nitrogen and oxygen atoms in total. The Balaban J connectivity index is 1.67. The second-order valence-electron chi connectivity index (χ2n) is 7.40. The zero-order valence-electron chi connectivity index (χ0n) is 16.7. The molecule has 9 heteroatoms. The summed E-state index contributed by atoms with van der Waals surface area (Å²) in [6.45, 7) is 0.160. The molecule has 1 fully saturated rings. The van der Waals surface area contributed by atoms with E-state index in [0.29, 0.717) is 6.54 Å². The minimum absolute atomic E-state index is 0.0601. The summed E-state index contributed by atoms with van der Waals surface area (Å²) in [4.78, 5) is 1.86. The standard InChI is InChI=1S/C21H27FN2O5S/c1-24(12-11-15-5-3-2-4-6-15)20-18(29-19(14-25)21(20)26)13-23-30(27,28)17-9-7-16(22)8-10-17/h2-10,18-21,23,25-26H,11-14H2,1H3/t18-,19+,20+,21-/m1/s1. The second kappa shape index (κ2) is 9.95. The molecule has 0 aliphatic carbocycles. The molecule has 1 heterocycles. The summed E-state index contributed by atoms with van der Waals surface area (Å²) >= 11 is 0. The zero-order valence-corrected chi connectivity index (χ0v) is 17.5. The number of aliphatic hydroxyl groups is 2. The van der Waals surface area contributed by atoms with Crippen LogP contribution in [0.3, 0.4) is 0 Å². The smallest absolute Gasteiger partial charge is 0.240 e. The molecule has 2 aromatic rings. The van der Waals surface area contributed by atoms with Gasteiger partial charge in [0.25, 0.3) is 0 Å². The van der Waals surface area contributed by atoms with Crippen LogP contribution in [0.1, 0.15) is 5.56 Å². The summed E-state index contributed by atoms with van der Waals surface area (Å²) in [5, 5.41) is 20.1. The Morgan fingerprint density at radius 1 is 1.10 bits per heavy atom. The molecule has 1 saturated heterocycles. The van der Waals surface area contributed by atoms with Crippen LogP contribution in [-0.2, 0) is 21.2 Å².